The molecule has 122 valence electrons. The lowest BCUT2D eigenvalue weighted by Gasteiger charge is -2.27. The van der Waals surface area contributed by atoms with Crippen LogP contribution in [0.25, 0.3) is 0 Å². The number of amides is 1. The third-order valence-corrected chi connectivity index (χ3v) is 5.44. The van der Waals surface area contributed by atoms with Gasteiger partial charge < -0.3 is 10.4 Å². The van der Waals surface area contributed by atoms with E-state index >= 15 is 0 Å². The summed E-state index contributed by atoms with van der Waals surface area (Å²) in [5.41, 5.74) is 0.481. The van der Waals surface area contributed by atoms with Gasteiger partial charge in [0.05, 0.1) is 12.5 Å². The Morgan fingerprint density at radius 1 is 1.39 bits per heavy atom. The molecule has 1 amide bonds. The zero-order chi connectivity index (χ0) is 16.4. The second-order valence-corrected chi connectivity index (χ2v) is 7.24. The van der Waals surface area contributed by atoms with Crippen LogP contribution in [0.3, 0.4) is 0 Å². The predicted octanol–water partition coefficient (Wildman–Crippen LogP) is 3.33. The van der Waals surface area contributed by atoms with Crippen LogP contribution in [0.1, 0.15) is 41.7 Å². The van der Waals surface area contributed by atoms with Gasteiger partial charge in [0.1, 0.15) is 11.4 Å². The number of benzene rings is 1. The highest BCUT2D eigenvalue weighted by molar-refractivity contribution is 7.10. The summed E-state index contributed by atoms with van der Waals surface area (Å²) in [5.74, 6) is -0.526. The van der Waals surface area contributed by atoms with Gasteiger partial charge in [0.2, 0.25) is 5.91 Å². The van der Waals surface area contributed by atoms with E-state index in [-0.39, 0.29) is 24.2 Å². The van der Waals surface area contributed by atoms with Crippen molar-refractivity contribution in [2.75, 3.05) is 6.54 Å². The number of hydrogen-bond acceptors (Lipinski definition) is 3. The molecular formula is C18H20FNO2S. The Morgan fingerprint density at radius 3 is 2.87 bits per heavy atom. The van der Waals surface area contributed by atoms with Crippen LogP contribution < -0.4 is 5.32 Å². The Balaban J connectivity index is 1.66. The first-order valence-corrected chi connectivity index (χ1v) is 8.68. The maximum atomic E-state index is 13.0. The van der Waals surface area contributed by atoms with Gasteiger partial charge in [-0.1, -0.05) is 12.1 Å². The SMILES string of the molecule is CC(O)(CNC(=O)C1CCCc2sccc21)c1ccc(F)cc1. The van der Waals surface area contributed by atoms with Crippen molar-refractivity contribution < 1.29 is 14.3 Å². The van der Waals surface area contributed by atoms with Crippen molar-refractivity contribution >= 4 is 17.2 Å². The molecule has 2 atom stereocenters. The molecule has 0 saturated carbocycles. The first-order chi connectivity index (χ1) is 11.0. The second-order valence-electron chi connectivity index (χ2n) is 6.24. The zero-order valence-electron chi connectivity index (χ0n) is 13.0. The number of carbonyl (C=O) groups excluding carboxylic acids is 1. The molecule has 1 aliphatic carbocycles. The highest BCUT2D eigenvalue weighted by Crippen LogP contribution is 2.35. The molecule has 1 aromatic heterocycles. The van der Waals surface area contributed by atoms with E-state index in [1.54, 1.807) is 30.4 Å². The first-order valence-electron chi connectivity index (χ1n) is 7.80. The molecule has 0 aliphatic heterocycles. The Bertz CT molecular complexity index is 693. The van der Waals surface area contributed by atoms with Crippen LogP contribution in [0.15, 0.2) is 35.7 Å². The third kappa shape index (κ3) is 3.46. The van der Waals surface area contributed by atoms with Crippen molar-refractivity contribution in [1.82, 2.24) is 5.32 Å². The Morgan fingerprint density at radius 2 is 2.13 bits per heavy atom. The standard InChI is InChI=1S/C18H20FNO2S/c1-18(22,12-5-7-13(19)8-6-12)11-20-17(21)15-3-2-4-16-14(15)9-10-23-16/h5-10,15,22H,2-4,11H2,1H3,(H,20,21). The highest BCUT2D eigenvalue weighted by Gasteiger charge is 2.30. The molecule has 3 rings (SSSR count). The summed E-state index contributed by atoms with van der Waals surface area (Å²) in [4.78, 5) is 13.8. The zero-order valence-corrected chi connectivity index (χ0v) is 13.8. The van der Waals surface area contributed by atoms with E-state index in [1.165, 1.54) is 17.0 Å². The molecule has 5 heteroatoms. The molecule has 1 heterocycles. The number of aryl methyl sites for hydroxylation is 1. The van der Waals surface area contributed by atoms with Crippen LogP contribution in [0.2, 0.25) is 0 Å². The molecule has 2 N–H and O–H groups in total. The summed E-state index contributed by atoms with van der Waals surface area (Å²) < 4.78 is 13.0. The molecule has 1 aliphatic rings. The number of thiophene rings is 1. The topological polar surface area (TPSA) is 49.3 Å². The van der Waals surface area contributed by atoms with Gasteiger partial charge in [-0.25, -0.2) is 4.39 Å². The van der Waals surface area contributed by atoms with E-state index in [1.807, 2.05) is 11.4 Å². The van der Waals surface area contributed by atoms with Gasteiger partial charge in [-0.3, -0.25) is 4.79 Å². The van der Waals surface area contributed by atoms with E-state index in [9.17, 15) is 14.3 Å². The maximum absolute atomic E-state index is 13.0. The predicted molar refractivity (Wildman–Crippen MR) is 89.0 cm³/mol. The van der Waals surface area contributed by atoms with Crippen LogP contribution in [-0.2, 0) is 16.8 Å². The minimum atomic E-state index is -1.23. The van der Waals surface area contributed by atoms with Crippen molar-refractivity contribution in [3.63, 3.8) is 0 Å². The number of carbonyl (C=O) groups is 1. The van der Waals surface area contributed by atoms with Gasteiger partial charge in [0, 0.05) is 4.88 Å². The summed E-state index contributed by atoms with van der Waals surface area (Å²) in [6, 6.07) is 7.73. The van der Waals surface area contributed by atoms with Gasteiger partial charge in [0.25, 0.3) is 0 Å². The molecule has 3 nitrogen and oxygen atoms in total. The van der Waals surface area contributed by atoms with E-state index in [2.05, 4.69) is 5.32 Å². The molecule has 0 fully saturated rings. The summed E-state index contributed by atoms with van der Waals surface area (Å²) in [7, 11) is 0. The second kappa shape index (κ2) is 6.42. The lowest BCUT2D eigenvalue weighted by Crippen LogP contribution is -2.41. The molecule has 0 bridgehead atoms. The Hall–Kier alpha value is -1.72. The third-order valence-electron chi connectivity index (χ3n) is 4.44. The molecule has 0 saturated heterocycles. The summed E-state index contributed by atoms with van der Waals surface area (Å²) >= 11 is 1.70. The van der Waals surface area contributed by atoms with Crippen molar-refractivity contribution in [2.24, 2.45) is 0 Å². The van der Waals surface area contributed by atoms with Crippen molar-refractivity contribution in [3.8, 4) is 0 Å². The fraction of sp³-hybridized carbons (Fsp3) is 0.389. The number of aliphatic hydroxyl groups is 1. The van der Waals surface area contributed by atoms with Crippen LogP contribution in [-0.4, -0.2) is 17.6 Å². The minimum absolute atomic E-state index is 0.0493. The van der Waals surface area contributed by atoms with E-state index in [0.717, 1.165) is 24.8 Å². The summed E-state index contributed by atoms with van der Waals surface area (Å²) in [5, 5.41) is 15.4. The fourth-order valence-corrected chi connectivity index (χ4v) is 4.04. The number of halogens is 1. The molecule has 1 aromatic carbocycles. The molecule has 2 unspecified atom stereocenters. The average Bonchev–Trinajstić information content (AvgIpc) is 3.01. The van der Waals surface area contributed by atoms with Crippen LogP contribution in [0.4, 0.5) is 4.39 Å². The van der Waals surface area contributed by atoms with E-state index < -0.39 is 5.60 Å². The van der Waals surface area contributed by atoms with Crippen molar-refractivity contribution in [2.45, 2.75) is 37.7 Å². The van der Waals surface area contributed by atoms with Crippen molar-refractivity contribution in [1.29, 1.82) is 0 Å². The highest BCUT2D eigenvalue weighted by atomic mass is 32.1. The molecule has 0 spiro atoms. The number of rotatable bonds is 4. The number of hydrogen-bond donors (Lipinski definition) is 2. The van der Waals surface area contributed by atoms with Crippen molar-refractivity contribution in [3.05, 3.63) is 57.5 Å². The van der Waals surface area contributed by atoms with Crippen LogP contribution >= 0.6 is 11.3 Å². The molecule has 2 aromatic rings. The quantitative estimate of drug-likeness (QED) is 0.902. The minimum Gasteiger partial charge on any atom is -0.384 e. The molecule has 23 heavy (non-hydrogen) atoms. The lowest BCUT2D eigenvalue weighted by atomic mass is 9.87. The summed E-state index contributed by atoms with van der Waals surface area (Å²) in [6.45, 7) is 1.73. The van der Waals surface area contributed by atoms with E-state index in [4.69, 9.17) is 0 Å². The van der Waals surface area contributed by atoms with Crippen LogP contribution in [0, 0.1) is 5.82 Å². The van der Waals surface area contributed by atoms with E-state index in [0.29, 0.717) is 5.56 Å². The van der Waals surface area contributed by atoms with Crippen LogP contribution in [0.5, 0.6) is 0 Å². The normalized spacial score (nSPS) is 19.7. The maximum Gasteiger partial charge on any atom is 0.227 e. The van der Waals surface area contributed by atoms with Gasteiger partial charge in [-0.2, -0.15) is 0 Å². The molecular weight excluding hydrogens is 313 g/mol. The smallest absolute Gasteiger partial charge is 0.227 e. The lowest BCUT2D eigenvalue weighted by molar-refractivity contribution is -0.124. The molecule has 0 radical (unpaired) electrons. The Labute approximate surface area is 139 Å². The van der Waals surface area contributed by atoms with Gasteiger partial charge in [-0.05, 0) is 60.9 Å². The number of nitrogens with one attached hydrogen (secondary N) is 1. The Kier molecular flexibility index (Phi) is 4.50. The van der Waals surface area contributed by atoms with Gasteiger partial charge in [0.15, 0.2) is 0 Å². The number of fused-ring (bicyclic) bond motifs is 1. The fourth-order valence-electron chi connectivity index (χ4n) is 3.05. The largest absolute Gasteiger partial charge is 0.384 e. The summed E-state index contributed by atoms with van der Waals surface area (Å²) in [6.07, 6.45) is 2.90. The van der Waals surface area contributed by atoms with Gasteiger partial charge >= 0.3 is 0 Å². The average molecular weight is 333 g/mol. The first kappa shape index (κ1) is 16.1. The monoisotopic (exact) mass is 333 g/mol. The van der Waals surface area contributed by atoms with Gasteiger partial charge in [-0.15, -0.1) is 11.3 Å².